The molecule has 0 amide bonds. The SMILES string of the molecule is C[C@H]([C@@H](Oc1nc2ccccc2s1)c1ccccc1)S(=O)[O-].[Li+]. The van der Waals surface area contributed by atoms with Crippen LogP contribution in [-0.2, 0) is 11.1 Å². The number of rotatable bonds is 5. The maximum atomic E-state index is 11.4. The third-order valence-corrected chi connectivity index (χ3v) is 5.14. The zero-order valence-electron chi connectivity index (χ0n) is 12.8. The molecule has 0 fully saturated rings. The molecule has 114 valence electrons. The van der Waals surface area contributed by atoms with E-state index in [1.165, 1.54) is 11.3 Å². The van der Waals surface area contributed by atoms with E-state index in [9.17, 15) is 8.76 Å². The summed E-state index contributed by atoms with van der Waals surface area (Å²) < 4.78 is 29.7. The third kappa shape index (κ3) is 4.22. The molecule has 0 aliphatic rings. The fraction of sp³-hybridized carbons (Fsp3) is 0.188. The molecule has 23 heavy (non-hydrogen) atoms. The molecule has 0 N–H and O–H groups in total. The predicted molar refractivity (Wildman–Crippen MR) is 87.8 cm³/mol. The fourth-order valence-corrected chi connectivity index (χ4v) is 3.45. The van der Waals surface area contributed by atoms with Gasteiger partial charge >= 0.3 is 18.9 Å². The van der Waals surface area contributed by atoms with Gasteiger partial charge in [0.05, 0.1) is 15.5 Å². The van der Waals surface area contributed by atoms with Crippen LogP contribution in [0.3, 0.4) is 0 Å². The number of hydrogen-bond acceptors (Lipinski definition) is 5. The summed E-state index contributed by atoms with van der Waals surface area (Å²) in [6.45, 7) is 1.63. The van der Waals surface area contributed by atoms with Gasteiger partial charge in [0, 0.05) is 0 Å². The minimum Gasteiger partial charge on any atom is -0.772 e. The molecule has 0 bridgehead atoms. The van der Waals surface area contributed by atoms with E-state index < -0.39 is 22.4 Å². The van der Waals surface area contributed by atoms with Crippen molar-refractivity contribution in [2.24, 2.45) is 0 Å². The largest absolute Gasteiger partial charge is 1.00 e. The van der Waals surface area contributed by atoms with Crippen LogP contribution in [-0.4, -0.2) is 19.0 Å². The summed E-state index contributed by atoms with van der Waals surface area (Å²) in [5.74, 6) is 0. The van der Waals surface area contributed by atoms with Crippen LogP contribution in [0.1, 0.15) is 18.6 Å². The van der Waals surface area contributed by atoms with Crippen molar-refractivity contribution in [3.05, 3.63) is 60.2 Å². The maximum absolute atomic E-state index is 11.4. The minimum absolute atomic E-state index is 0. The molecule has 1 aromatic heterocycles. The van der Waals surface area contributed by atoms with Crippen LogP contribution in [0.5, 0.6) is 5.19 Å². The van der Waals surface area contributed by atoms with Gasteiger partial charge in [-0.3, -0.25) is 4.21 Å². The third-order valence-electron chi connectivity index (χ3n) is 3.36. The van der Waals surface area contributed by atoms with Gasteiger partial charge in [0.25, 0.3) is 5.19 Å². The van der Waals surface area contributed by atoms with E-state index in [2.05, 4.69) is 4.98 Å². The van der Waals surface area contributed by atoms with Crippen molar-refractivity contribution in [1.82, 2.24) is 4.98 Å². The number of nitrogens with zero attached hydrogens (tertiary/aromatic N) is 1. The van der Waals surface area contributed by atoms with E-state index >= 15 is 0 Å². The number of para-hydroxylation sites is 1. The van der Waals surface area contributed by atoms with E-state index in [1.807, 2.05) is 54.6 Å². The second-order valence-corrected chi connectivity index (χ2v) is 7.12. The normalized spacial score (nSPS) is 14.7. The van der Waals surface area contributed by atoms with Crippen LogP contribution in [0.2, 0.25) is 0 Å². The molecule has 0 spiro atoms. The predicted octanol–water partition coefficient (Wildman–Crippen LogP) is 0.688. The smallest absolute Gasteiger partial charge is 0.772 e. The molecular weight excluding hydrogens is 325 g/mol. The summed E-state index contributed by atoms with van der Waals surface area (Å²) in [4.78, 5) is 4.42. The van der Waals surface area contributed by atoms with E-state index in [1.54, 1.807) is 6.92 Å². The van der Waals surface area contributed by atoms with Crippen LogP contribution in [0, 0.1) is 0 Å². The van der Waals surface area contributed by atoms with Gasteiger partial charge in [-0.05, 0) is 35.7 Å². The number of benzene rings is 2. The van der Waals surface area contributed by atoms with Crippen molar-refractivity contribution in [3.8, 4) is 5.19 Å². The van der Waals surface area contributed by atoms with Crippen molar-refractivity contribution in [2.75, 3.05) is 0 Å². The summed E-state index contributed by atoms with van der Waals surface area (Å²) in [6, 6.07) is 17.1. The number of hydrogen-bond donors (Lipinski definition) is 0. The van der Waals surface area contributed by atoms with Crippen molar-refractivity contribution < 1.29 is 32.4 Å². The molecule has 3 aromatic rings. The fourth-order valence-electron chi connectivity index (χ4n) is 2.19. The maximum Gasteiger partial charge on any atom is 1.00 e. The van der Waals surface area contributed by atoms with Gasteiger partial charge in [0.1, 0.15) is 6.10 Å². The molecule has 0 saturated heterocycles. The molecule has 2 aromatic carbocycles. The van der Waals surface area contributed by atoms with Crippen LogP contribution in [0.25, 0.3) is 10.2 Å². The Morgan fingerprint density at radius 2 is 1.78 bits per heavy atom. The summed E-state index contributed by atoms with van der Waals surface area (Å²) in [7, 11) is 0. The zero-order chi connectivity index (χ0) is 15.5. The Balaban J connectivity index is 0.00000192. The molecule has 0 radical (unpaired) electrons. The second-order valence-electron chi connectivity index (χ2n) is 4.86. The zero-order valence-corrected chi connectivity index (χ0v) is 14.5. The molecule has 3 atom stereocenters. The Kier molecular flexibility index (Phi) is 6.39. The summed E-state index contributed by atoms with van der Waals surface area (Å²) in [5, 5.41) is -0.193. The Hall–Kier alpha value is -1.16. The summed E-state index contributed by atoms with van der Waals surface area (Å²) in [6.07, 6.45) is -0.583. The first-order chi connectivity index (χ1) is 10.6. The van der Waals surface area contributed by atoms with Crippen molar-refractivity contribution in [1.29, 1.82) is 0 Å². The second kappa shape index (κ2) is 8.09. The molecule has 1 unspecified atom stereocenters. The minimum atomic E-state index is -2.23. The van der Waals surface area contributed by atoms with E-state index in [0.29, 0.717) is 5.19 Å². The molecule has 7 heteroatoms. The molecule has 0 saturated carbocycles. The van der Waals surface area contributed by atoms with Crippen LogP contribution in [0.4, 0.5) is 0 Å². The van der Waals surface area contributed by atoms with Gasteiger partial charge in [-0.1, -0.05) is 53.8 Å². The Morgan fingerprint density at radius 3 is 2.43 bits per heavy atom. The van der Waals surface area contributed by atoms with Gasteiger partial charge in [0.2, 0.25) is 0 Å². The average molecular weight is 339 g/mol. The number of ether oxygens (including phenoxy) is 1. The van der Waals surface area contributed by atoms with Crippen LogP contribution in [0.15, 0.2) is 54.6 Å². The van der Waals surface area contributed by atoms with E-state index in [4.69, 9.17) is 4.74 Å². The van der Waals surface area contributed by atoms with Crippen molar-refractivity contribution in [3.63, 3.8) is 0 Å². The van der Waals surface area contributed by atoms with E-state index in [0.717, 1.165) is 15.8 Å². The molecule has 0 aliphatic heterocycles. The van der Waals surface area contributed by atoms with Gasteiger partial charge in [0.15, 0.2) is 0 Å². The Morgan fingerprint density at radius 1 is 1.13 bits per heavy atom. The Labute approximate surface area is 153 Å². The number of aromatic nitrogens is 1. The average Bonchev–Trinajstić information content (AvgIpc) is 2.95. The quantitative estimate of drug-likeness (QED) is 0.507. The van der Waals surface area contributed by atoms with Gasteiger partial charge in [-0.15, -0.1) is 0 Å². The first-order valence-electron chi connectivity index (χ1n) is 6.80. The van der Waals surface area contributed by atoms with Crippen molar-refractivity contribution >= 4 is 32.6 Å². The van der Waals surface area contributed by atoms with Crippen LogP contribution < -0.4 is 23.6 Å². The molecule has 0 aliphatic carbocycles. The molecule has 1 heterocycles. The first-order valence-corrected chi connectivity index (χ1v) is 8.76. The van der Waals surface area contributed by atoms with Gasteiger partial charge in [-0.2, -0.15) is 0 Å². The monoisotopic (exact) mass is 339 g/mol. The van der Waals surface area contributed by atoms with Crippen LogP contribution >= 0.6 is 11.3 Å². The summed E-state index contributed by atoms with van der Waals surface area (Å²) >= 11 is -0.815. The standard InChI is InChI=1S/C16H15NO3S2.Li/c1-11(22(18)19)15(12-7-3-2-4-8-12)20-16-17-13-9-5-6-10-14(13)21-16;/h2-11,15H,1H3,(H,18,19);/q;+1/p-1/t11-,15-;/m1./s1. The van der Waals surface area contributed by atoms with E-state index in [-0.39, 0.29) is 18.9 Å². The van der Waals surface area contributed by atoms with Gasteiger partial charge < -0.3 is 9.29 Å². The van der Waals surface area contributed by atoms with Crippen molar-refractivity contribution in [2.45, 2.75) is 18.3 Å². The first kappa shape index (κ1) is 18.2. The topological polar surface area (TPSA) is 62.2 Å². The number of thiazole rings is 1. The molecular formula is C16H14LiNO3S2. The molecule has 4 nitrogen and oxygen atoms in total. The Bertz CT molecular complexity index is 761. The number of fused-ring (bicyclic) bond motifs is 1. The molecule has 3 rings (SSSR count). The van der Waals surface area contributed by atoms with Gasteiger partial charge in [-0.25, -0.2) is 4.98 Å². The summed E-state index contributed by atoms with van der Waals surface area (Å²) in [5.41, 5.74) is 1.67.